The molecular weight excluding hydrogens is 399 g/mol. The van der Waals surface area contributed by atoms with E-state index < -0.39 is 37.8 Å². The molecule has 0 unspecified atom stereocenters. The number of carbonyl (C=O) groups is 2. The first-order valence-electron chi connectivity index (χ1n) is 8.96. The number of amides is 1. The monoisotopic (exact) mass is 426 g/mol. The average Bonchev–Trinajstić information content (AvgIpc) is 2.62. The summed E-state index contributed by atoms with van der Waals surface area (Å²) in [5.41, 5.74) is 0.590. The smallest absolute Gasteiger partial charge is 0.339 e. The average molecular weight is 426 g/mol. The Bertz CT molecular complexity index is 810. The molecule has 1 aromatic carbocycles. The summed E-state index contributed by atoms with van der Waals surface area (Å²) in [6.07, 6.45) is -0.597. The molecule has 0 heterocycles. The van der Waals surface area contributed by atoms with E-state index >= 15 is 0 Å². The lowest BCUT2D eigenvalue weighted by Gasteiger charge is -2.21. The molecule has 0 fully saturated rings. The Morgan fingerprint density at radius 2 is 1.86 bits per heavy atom. The zero-order valence-electron chi connectivity index (χ0n) is 16.6. The fourth-order valence-electron chi connectivity index (χ4n) is 2.45. The highest BCUT2D eigenvalue weighted by molar-refractivity contribution is 7.51. The molecule has 1 amide bonds. The van der Waals surface area contributed by atoms with Crippen LogP contribution in [0, 0.1) is 17.8 Å². The summed E-state index contributed by atoms with van der Waals surface area (Å²) in [6, 6.07) is 4.80. The van der Waals surface area contributed by atoms with Crippen LogP contribution in [0.25, 0.3) is 0 Å². The van der Waals surface area contributed by atoms with E-state index in [9.17, 15) is 19.3 Å². The van der Waals surface area contributed by atoms with Crippen LogP contribution in [0.4, 0.5) is 0 Å². The highest BCUT2D eigenvalue weighted by Crippen LogP contribution is 2.32. The lowest BCUT2D eigenvalue weighted by atomic mass is 10.0. The molecule has 1 aromatic rings. The van der Waals surface area contributed by atoms with E-state index in [1.165, 1.54) is 7.11 Å². The standard InChI is InChI=1S/C19H27N2O7P/c1-13(2)11-16(19(23)24)21-18(22)15(20-12-29(25,26)27)9-6-8-14-7-4-5-10-17(14)28-3/h4-5,7,10,13,15-16,20H,9,11-12H2,1-3H3,(H,21,22)(H,23,24)(H2,25,26,27)/t15-,16-/m0/s1. The first-order chi connectivity index (χ1) is 13.5. The van der Waals surface area contributed by atoms with Crippen molar-refractivity contribution in [2.75, 3.05) is 13.4 Å². The van der Waals surface area contributed by atoms with Gasteiger partial charge in [-0.15, -0.1) is 0 Å². The van der Waals surface area contributed by atoms with Gasteiger partial charge in [0, 0.05) is 6.42 Å². The molecule has 160 valence electrons. The van der Waals surface area contributed by atoms with Gasteiger partial charge in [0.15, 0.2) is 0 Å². The van der Waals surface area contributed by atoms with Crippen molar-refractivity contribution in [1.29, 1.82) is 0 Å². The highest BCUT2D eigenvalue weighted by atomic mass is 31.2. The first-order valence-corrected chi connectivity index (χ1v) is 10.8. The summed E-state index contributed by atoms with van der Waals surface area (Å²) in [5, 5.41) is 14.2. The van der Waals surface area contributed by atoms with E-state index in [4.69, 9.17) is 14.5 Å². The van der Waals surface area contributed by atoms with E-state index in [1.54, 1.807) is 24.3 Å². The SMILES string of the molecule is COc1ccccc1C#CC[C@H](NCP(=O)(O)O)C(=O)N[C@@H](CC(C)C)C(=O)O. The van der Waals surface area contributed by atoms with Crippen molar-refractivity contribution in [3.05, 3.63) is 29.8 Å². The van der Waals surface area contributed by atoms with Crippen molar-refractivity contribution >= 4 is 19.5 Å². The van der Waals surface area contributed by atoms with Crippen molar-refractivity contribution in [3.8, 4) is 17.6 Å². The molecule has 0 aliphatic carbocycles. The third-order valence-electron chi connectivity index (χ3n) is 3.82. The van der Waals surface area contributed by atoms with Gasteiger partial charge in [0.2, 0.25) is 5.91 Å². The van der Waals surface area contributed by atoms with Gasteiger partial charge in [-0.3, -0.25) is 14.7 Å². The van der Waals surface area contributed by atoms with E-state index in [0.29, 0.717) is 11.3 Å². The number of methoxy groups -OCH3 is 1. The third-order valence-corrected chi connectivity index (χ3v) is 4.41. The zero-order chi connectivity index (χ0) is 22.0. The van der Waals surface area contributed by atoms with Crippen molar-refractivity contribution in [2.45, 2.75) is 38.8 Å². The Hall–Kier alpha value is -2.37. The van der Waals surface area contributed by atoms with Gasteiger partial charge in [-0.1, -0.05) is 37.8 Å². The number of carboxylic acid groups (broad SMARTS) is 1. The molecule has 1 rings (SSSR count). The zero-order valence-corrected chi connectivity index (χ0v) is 17.5. The molecule has 10 heteroatoms. The normalized spacial score (nSPS) is 13.2. The molecule has 0 saturated carbocycles. The van der Waals surface area contributed by atoms with Crippen LogP contribution in [0.1, 0.15) is 32.3 Å². The number of ether oxygens (including phenoxy) is 1. The van der Waals surface area contributed by atoms with Gasteiger partial charge in [0.05, 0.1) is 25.0 Å². The number of para-hydroxylation sites is 1. The molecule has 0 aromatic heterocycles. The van der Waals surface area contributed by atoms with Crippen LogP contribution in [0.15, 0.2) is 24.3 Å². The van der Waals surface area contributed by atoms with Crippen molar-refractivity contribution < 1.29 is 33.8 Å². The minimum absolute atomic E-state index is 0.0308. The summed E-state index contributed by atoms with van der Waals surface area (Å²) < 4.78 is 16.4. The Morgan fingerprint density at radius 3 is 2.41 bits per heavy atom. The number of hydrogen-bond donors (Lipinski definition) is 5. The molecular formula is C19H27N2O7P. The minimum Gasteiger partial charge on any atom is -0.495 e. The lowest BCUT2D eigenvalue weighted by Crippen LogP contribution is -2.50. The molecule has 0 aliphatic rings. The fraction of sp³-hybridized carbons (Fsp3) is 0.474. The number of carboxylic acids is 1. The van der Waals surface area contributed by atoms with Crippen LogP contribution in [0.2, 0.25) is 0 Å². The molecule has 0 bridgehead atoms. The minimum atomic E-state index is -4.41. The number of carbonyl (C=O) groups excluding carboxylic acids is 1. The van der Waals surface area contributed by atoms with Gasteiger partial charge in [-0.25, -0.2) is 4.79 Å². The topological polar surface area (TPSA) is 145 Å². The second-order valence-corrected chi connectivity index (χ2v) is 8.46. The van der Waals surface area contributed by atoms with E-state index in [-0.39, 0.29) is 18.8 Å². The molecule has 0 aliphatic heterocycles. The maximum absolute atomic E-state index is 12.5. The Balaban J connectivity index is 2.95. The van der Waals surface area contributed by atoms with Crippen molar-refractivity contribution in [2.24, 2.45) is 5.92 Å². The molecule has 0 spiro atoms. The van der Waals surface area contributed by atoms with Gasteiger partial charge in [-0.2, -0.15) is 0 Å². The summed E-state index contributed by atoms with van der Waals surface area (Å²) in [7, 11) is -2.91. The number of hydrogen-bond acceptors (Lipinski definition) is 5. The van der Waals surface area contributed by atoms with Crippen LogP contribution in [0.3, 0.4) is 0 Å². The Morgan fingerprint density at radius 1 is 1.21 bits per heavy atom. The summed E-state index contributed by atoms with van der Waals surface area (Å²) >= 11 is 0. The van der Waals surface area contributed by atoms with Crippen molar-refractivity contribution in [1.82, 2.24) is 10.6 Å². The second-order valence-electron chi connectivity index (χ2n) is 6.81. The van der Waals surface area contributed by atoms with Gasteiger partial charge in [0.1, 0.15) is 11.8 Å². The van der Waals surface area contributed by atoms with Crippen molar-refractivity contribution in [3.63, 3.8) is 0 Å². The van der Waals surface area contributed by atoms with Crippen LogP contribution in [-0.4, -0.2) is 52.2 Å². The highest BCUT2D eigenvalue weighted by Gasteiger charge is 2.27. The maximum atomic E-state index is 12.5. The predicted molar refractivity (Wildman–Crippen MR) is 107 cm³/mol. The summed E-state index contributed by atoms with van der Waals surface area (Å²) in [6.45, 7) is 3.65. The number of nitrogens with one attached hydrogen (secondary N) is 2. The Kier molecular flexibility index (Phi) is 9.86. The molecule has 0 saturated heterocycles. The molecule has 5 N–H and O–H groups in total. The van der Waals surface area contributed by atoms with E-state index in [0.717, 1.165) is 0 Å². The summed E-state index contributed by atoms with van der Waals surface area (Å²) in [4.78, 5) is 42.1. The maximum Gasteiger partial charge on any atom is 0.339 e. The predicted octanol–water partition coefficient (Wildman–Crippen LogP) is 1.15. The third kappa shape index (κ3) is 9.59. The number of benzene rings is 1. The first kappa shape index (κ1) is 24.7. The number of rotatable bonds is 10. The fourth-order valence-corrected chi connectivity index (χ4v) is 2.91. The van der Waals surface area contributed by atoms with Gasteiger partial charge >= 0.3 is 13.6 Å². The van der Waals surface area contributed by atoms with Crippen LogP contribution in [-0.2, 0) is 14.2 Å². The van der Waals surface area contributed by atoms with Crippen LogP contribution in [0.5, 0.6) is 5.75 Å². The Labute approximate surface area is 170 Å². The number of aliphatic carboxylic acids is 1. The molecule has 9 nitrogen and oxygen atoms in total. The van der Waals surface area contributed by atoms with Gasteiger partial charge < -0.3 is 24.9 Å². The van der Waals surface area contributed by atoms with Gasteiger partial charge in [-0.05, 0) is 24.5 Å². The quantitative estimate of drug-likeness (QED) is 0.277. The molecule has 29 heavy (non-hydrogen) atoms. The lowest BCUT2D eigenvalue weighted by molar-refractivity contribution is -0.142. The second kappa shape index (κ2) is 11.6. The largest absolute Gasteiger partial charge is 0.495 e. The van der Waals surface area contributed by atoms with Gasteiger partial charge in [0.25, 0.3) is 0 Å². The van der Waals surface area contributed by atoms with E-state index in [1.807, 2.05) is 13.8 Å². The summed E-state index contributed by atoms with van der Waals surface area (Å²) in [5.74, 6) is 4.34. The molecule has 2 atom stereocenters. The van der Waals surface area contributed by atoms with Crippen LogP contribution < -0.4 is 15.4 Å². The van der Waals surface area contributed by atoms with E-state index in [2.05, 4.69) is 22.5 Å². The molecule has 0 radical (unpaired) electrons. The van der Waals surface area contributed by atoms with Crippen LogP contribution >= 0.6 is 7.60 Å².